The number of anilines is 1. The minimum atomic E-state index is -0.905. The van der Waals surface area contributed by atoms with Gasteiger partial charge in [0, 0.05) is 17.2 Å². The third-order valence-corrected chi connectivity index (χ3v) is 8.35. The minimum absolute atomic E-state index is 0.0378. The minimum Gasteiger partial charge on any atom is -0.472 e. The molecule has 0 amide bonds. The summed E-state index contributed by atoms with van der Waals surface area (Å²) in [4.78, 5) is 42.6. The van der Waals surface area contributed by atoms with Crippen LogP contribution in [0.3, 0.4) is 0 Å². The summed E-state index contributed by atoms with van der Waals surface area (Å²) in [6.45, 7) is 15.6. The number of aryl methyl sites for hydroxylation is 2. The summed E-state index contributed by atoms with van der Waals surface area (Å²) in [5, 5.41) is 11.2. The van der Waals surface area contributed by atoms with Crippen LogP contribution in [0.15, 0.2) is 98.1 Å². The first-order valence-corrected chi connectivity index (χ1v) is 17.8. The van der Waals surface area contributed by atoms with Gasteiger partial charge in [0.05, 0.1) is 50.3 Å². The van der Waals surface area contributed by atoms with Gasteiger partial charge < -0.3 is 34.2 Å². The fourth-order valence-electron chi connectivity index (χ4n) is 5.26. The molecular weight excluding hydrogens is 720 g/mol. The standard InChI is InChI=1S/C21H24N2O6.C21H26N2O4/c1-5-9-18(28-13-16-10-7-6-8-11-16)15(3)29-20-14(2)12-17(23(25)26)19(22-20)21(24)27-4;1-5-9-18(26-13-16-10-7-6-8-11-16)15(3)27-20-14(2)12-17(22)19(23-20)21(24)25-4/h5-8,10-12,15,18H,1,9,13H2,2-4H3;5-8,10-12,15,18H,1,9,13,22H2,2-4H3/t2*15-,18?/m11/s1. The third-order valence-electron chi connectivity index (χ3n) is 8.35. The van der Waals surface area contributed by atoms with Gasteiger partial charge in [-0.15, -0.1) is 13.2 Å². The predicted octanol–water partition coefficient (Wildman–Crippen LogP) is 7.70. The summed E-state index contributed by atoms with van der Waals surface area (Å²) in [6.07, 6.45) is 3.36. The molecule has 298 valence electrons. The predicted molar refractivity (Wildman–Crippen MR) is 212 cm³/mol. The number of carbonyl (C=O) groups excluding carboxylic acids is 2. The first-order valence-electron chi connectivity index (χ1n) is 17.8. The number of methoxy groups -OCH3 is 2. The monoisotopic (exact) mass is 770 g/mol. The van der Waals surface area contributed by atoms with E-state index in [0.29, 0.717) is 37.5 Å². The molecule has 0 saturated carbocycles. The number of hydrogen-bond acceptors (Lipinski definition) is 13. The molecule has 14 nitrogen and oxygen atoms in total. The Hall–Kier alpha value is -6.12. The van der Waals surface area contributed by atoms with Gasteiger partial charge in [-0.2, -0.15) is 4.98 Å². The van der Waals surface area contributed by atoms with Crippen molar-refractivity contribution in [1.82, 2.24) is 9.97 Å². The van der Waals surface area contributed by atoms with E-state index in [-0.39, 0.29) is 35.6 Å². The summed E-state index contributed by atoms with van der Waals surface area (Å²) in [5.74, 6) is -1.07. The number of aromatic nitrogens is 2. The van der Waals surface area contributed by atoms with Crippen molar-refractivity contribution in [2.75, 3.05) is 20.0 Å². The molecule has 4 rings (SSSR count). The summed E-state index contributed by atoms with van der Waals surface area (Å²) in [6, 6.07) is 22.5. The van der Waals surface area contributed by atoms with E-state index in [4.69, 9.17) is 29.4 Å². The van der Waals surface area contributed by atoms with Crippen molar-refractivity contribution in [1.29, 1.82) is 0 Å². The third kappa shape index (κ3) is 13.0. The lowest BCUT2D eigenvalue weighted by molar-refractivity contribution is -0.385. The maximum absolute atomic E-state index is 11.9. The van der Waals surface area contributed by atoms with E-state index in [9.17, 15) is 19.7 Å². The molecule has 2 unspecified atom stereocenters. The number of esters is 2. The van der Waals surface area contributed by atoms with E-state index < -0.39 is 34.3 Å². The second-order valence-electron chi connectivity index (χ2n) is 12.6. The quantitative estimate of drug-likeness (QED) is 0.0424. The van der Waals surface area contributed by atoms with Crippen LogP contribution in [-0.2, 0) is 32.2 Å². The van der Waals surface area contributed by atoms with Gasteiger partial charge in [-0.25, -0.2) is 14.6 Å². The zero-order valence-electron chi connectivity index (χ0n) is 32.6. The van der Waals surface area contributed by atoms with E-state index in [1.807, 2.05) is 74.5 Å². The van der Waals surface area contributed by atoms with Crippen LogP contribution < -0.4 is 15.2 Å². The van der Waals surface area contributed by atoms with E-state index in [1.54, 1.807) is 32.1 Å². The number of rotatable bonds is 19. The summed E-state index contributed by atoms with van der Waals surface area (Å²) >= 11 is 0. The number of nitro groups is 1. The Morgan fingerprint density at radius 1 is 0.750 bits per heavy atom. The Bertz CT molecular complexity index is 1920. The second-order valence-corrected chi connectivity index (χ2v) is 12.6. The molecule has 0 radical (unpaired) electrons. The van der Waals surface area contributed by atoms with E-state index >= 15 is 0 Å². The molecular formula is C42H50N4O10. The molecule has 2 aromatic heterocycles. The lowest BCUT2D eigenvalue weighted by atomic mass is 10.1. The summed E-state index contributed by atoms with van der Waals surface area (Å²) in [5.41, 5.74) is 8.56. The fourth-order valence-corrected chi connectivity index (χ4v) is 5.26. The zero-order valence-corrected chi connectivity index (χ0v) is 32.6. The Labute approximate surface area is 327 Å². The molecule has 14 heteroatoms. The van der Waals surface area contributed by atoms with Gasteiger partial charge in [-0.1, -0.05) is 72.8 Å². The highest BCUT2D eigenvalue weighted by atomic mass is 16.6. The van der Waals surface area contributed by atoms with Crippen molar-refractivity contribution in [3.05, 3.63) is 142 Å². The van der Waals surface area contributed by atoms with Crippen molar-refractivity contribution in [3.63, 3.8) is 0 Å². The highest BCUT2D eigenvalue weighted by Crippen LogP contribution is 2.28. The van der Waals surface area contributed by atoms with Gasteiger partial charge in [-0.05, 0) is 57.7 Å². The largest absolute Gasteiger partial charge is 0.472 e. The molecule has 0 aliphatic heterocycles. The van der Waals surface area contributed by atoms with Gasteiger partial charge in [0.25, 0.3) is 0 Å². The van der Waals surface area contributed by atoms with Crippen LogP contribution in [0, 0.1) is 24.0 Å². The molecule has 0 aliphatic carbocycles. The van der Waals surface area contributed by atoms with Gasteiger partial charge in [-0.3, -0.25) is 10.1 Å². The van der Waals surface area contributed by atoms with Gasteiger partial charge in [0.15, 0.2) is 5.69 Å². The molecule has 0 aliphatic rings. The number of nitrogen functional groups attached to an aromatic ring is 1. The van der Waals surface area contributed by atoms with Crippen molar-refractivity contribution in [3.8, 4) is 11.8 Å². The Kier molecular flexibility index (Phi) is 17.6. The number of nitrogens with zero attached hydrogens (tertiary/aromatic N) is 3. The topological polar surface area (TPSA) is 184 Å². The molecule has 56 heavy (non-hydrogen) atoms. The van der Waals surface area contributed by atoms with Crippen LogP contribution >= 0.6 is 0 Å². The normalized spacial score (nSPS) is 12.8. The maximum atomic E-state index is 11.9. The number of nitrogens with two attached hydrogens (primary N) is 1. The Morgan fingerprint density at radius 2 is 1.16 bits per heavy atom. The molecule has 4 atom stereocenters. The smallest absolute Gasteiger partial charge is 0.364 e. The fraction of sp³-hybridized carbons (Fsp3) is 0.333. The molecule has 2 aromatic carbocycles. The Morgan fingerprint density at radius 3 is 1.57 bits per heavy atom. The van der Waals surface area contributed by atoms with E-state index in [1.165, 1.54) is 13.2 Å². The first kappa shape index (κ1) is 44.3. The van der Waals surface area contributed by atoms with Crippen LogP contribution in [0.5, 0.6) is 11.8 Å². The Balaban J connectivity index is 0.000000301. The van der Waals surface area contributed by atoms with Crippen LogP contribution in [0.2, 0.25) is 0 Å². The van der Waals surface area contributed by atoms with Gasteiger partial charge >= 0.3 is 17.6 Å². The second kappa shape index (κ2) is 22.3. The van der Waals surface area contributed by atoms with Crippen LogP contribution in [0.1, 0.15) is 69.9 Å². The van der Waals surface area contributed by atoms with E-state index in [2.05, 4.69) is 27.9 Å². The van der Waals surface area contributed by atoms with Crippen LogP contribution in [0.4, 0.5) is 11.4 Å². The van der Waals surface area contributed by atoms with Crippen LogP contribution in [0.25, 0.3) is 0 Å². The molecule has 0 spiro atoms. The van der Waals surface area contributed by atoms with Crippen molar-refractivity contribution in [2.45, 2.75) is 78.2 Å². The molecule has 0 fully saturated rings. The number of benzene rings is 2. The van der Waals surface area contributed by atoms with Gasteiger partial charge in [0.1, 0.15) is 12.2 Å². The molecule has 0 saturated heterocycles. The van der Waals surface area contributed by atoms with Crippen molar-refractivity contribution < 1.29 is 42.9 Å². The average molecular weight is 771 g/mol. The van der Waals surface area contributed by atoms with E-state index in [0.717, 1.165) is 23.8 Å². The number of ether oxygens (including phenoxy) is 6. The summed E-state index contributed by atoms with van der Waals surface area (Å²) < 4.78 is 33.2. The number of pyridine rings is 2. The number of hydrogen-bond donors (Lipinski definition) is 1. The molecule has 4 aromatic rings. The molecule has 2 N–H and O–H groups in total. The SMILES string of the molecule is C=CCC(OCc1ccccc1)[C@@H](C)Oc1nc(C(=O)OC)c(N)cc1C.C=CCC(OCc1ccccc1)[C@@H](C)Oc1nc(C(=O)OC)c([N+](=O)[O-])cc1C. The first-order chi connectivity index (χ1) is 26.8. The van der Waals surface area contributed by atoms with Crippen LogP contribution in [-0.4, -0.2) is 65.5 Å². The summed E-state index contributed by atoms with van der Waals surface area (Å²) in [7, 11) is 2.41. The molecule has 2 heterocycles. The molecule has 0 bridgehead atoms. The van der Waals surface area contributed by atoms with Crippen molar-refractivity contribution >= 4 is 23.3 Å². The van der Waals surface area contributed by atoms with Gasteiger partial charge in [0.2, 0.25) is 17.5 Å². The highest BCUT2D eigenvalue weighted by Gasteiger charge is 2.28. The van der Waals surface area contributed by atoms with Crippen molar-refractivity contribution in [2.24, 2.45) is 0 Å². The lowest BCUT2D eigenvalue weighted by Gasteiger charge is -2.25. The zero-order chi connectivity index (χ0) is 41.2. The maximum Gasteiger partial charge on any atom is 0.364 e. The number of carbonyl (C=O) groups is 2. The lowest BCUT2D eigenvalue weighted by Crippen LogP contribution is -2.31. The average Bonchev–Trinajstić information content (AvgIpc) is 3.19. The highest BCUT2D eigenvalue weighted by molar-refractivity contribution is 5.93.